The number of carbonyl (C=O) groups is 1. The SMILES string of the molecule is COc1cccc(C2(C)CCN(C(=O)OC(C)(C)C)CC2)n1. The van der Waals surface area contributed by atoms with Crippen molar-refractivity contribution >= 4 is 6.09 Å². The third-order valence-electron chi connectivity index (χ3n) is 4.07. The normalized spacial score (nSPS) is 18.0. The molecule has 5 nitrogen and oxygen atoms in total. The number of aromatic nitrogens is 1. The first-order valence-electron chi connectivity index (χ1n) is 7.73. The van der Waals surface area contributed by atoms with Crippen LogP contribution in [0.4, 0.5) is 4.79 Å². The highest BCUT2D eigenvalue weighted by Crippen LogP contribution is 2.35. The average Bonchev–Trinajstić information content (AvgIpc) is 2.46. The van der Waals surface area contributed by atoms with Crippen molar-refractivity contribution in [3.8, 4) is 5.88 Å². The van der Waals surface area contributed by atoms with E-state index in [1.54, 1.807) is 12.0 Å². The smallest absolute Gasteiger partial charge is 0.410 e. The third kappa shape index (κ3) is 3.90. The zero-order chi connectivity index (χ0) is 16.4. The van der Waals surface area contributed by atoms with E-state index in [0.717, 1.165) is 18.5 Å². The number of carbonyl (C=O) groups excluding carboxylic acids is 1. The van der Waals surface area contributed by atoms with Gasteiger partial charge in [0.1, 0.15) is 5.60 Å². The fourth-order valence-electron chi connectivity index (χ4n) is 2.63. The molecule has 1 amide bonds. The van der Waals surface area contributed by atoms with Crippen LogP contribution in [0.25, 0.3) is 0 Å². The first-order valence-corrected chi connectivity index (χ1v) is 7.73. The highest BCUT2D eigenvalue weighted by molar-refractivity contribution is 5.68. The van der Waals surface area contributed by atoms with Crippen molar-refractivity contribution in [2.45, 2.75) is 51.6 Å². The van der Waals surface area contributed by atoms with Crippen molar-refractivity contribution in [3.05, 3.63) is 23.9 Å². The molecule has 0 aliphatic carbocycles. The lowest BCUT2D eigenvalue weighted by atomic mass is 9.77. The summed E-state index contributed by atoms with van der Waals surface area (Å²) in [5.41, 5.74) is 0.537. The first kappa shape index (κ1) is 16.6. The van der Waals surface area contributed by atoms with E-state index in [4.69, 9.17) is 9.47 Å². The number of hydrogen-bond acceptors (Lipinski definition) is 4. The predicted octanol–water partition coefficient (Wildman–Crippen LogP) is 3.38. The third-order valence-corrected chi connectivity index (χ3v) is 4.07. The minimum atomic E-state index is -0.452. The number of methoxy groups -OCH3 is 1. The Hall–Kier alpha value is -1.78. The van der Waals surface area contributed by atoms with E-state index in [2.05, 4.69) is 11.9 Å². The number of hydrogen-bond donors (Lipinski definition) is 0. The van der Waals surface area contributed by atoms with Gasteiger partial charge in [-0.15, -0.1) is 0 Å². The van der Waals surface area contributed by atoms with Crippen molar-refractivity contribution < 1.29 is 14.3 Å². The number of likely N-dealkylation sites (tertiary alicyclic amines) is 1. The maximum atomic E-state index is 12.1. The Morgan fingerprint density at radius 2 is 1.91 bits per heavy atom. The highest BCUT2D eigenvalue weighted by atomic mass is 16.6. The van der Waals surface area contributed by atoms with Crippen LogP contribution in [0.2, 0.25) is 0 Å². The molecule has 1 fully saturated rings. The molecule has 1 aliphatic heterocycles. The van der Waals surface area contributed by atoms with E-state index in [9.17, 15) is 4.79 Å². The minimum absolute atomic E-state index is 0.0347. The minimum Gasteiger partial charge on any atom is -0.481 e. The van der Waals surface area contributed by atoms with Crippen LogP contribution in [-0.4, -0.2) is 41.8 Å². The van der Waals surface area contributed by atoms with Gasteiger partial charge in [0.2, 0.25) is 5.88 Å². The van der Waals surface area contributed by atoms with Gasteiger partial charge in [0.15, 0.2) is 0 Å². The molecule has 0 bridgehead atoms. The van der Waals surface area contributed by atoms with Crippen molar-refractivity contribution in [1.29, 1.82) is 0 Å². The van der Waals surface area contributed by atoms with E-state index < -0.39 is 5.60 Å². The molecule has 5 heteroatoms. The summed E-state index contributed by atoms with van der Waals surface area (Å²) in [4.78, 5) is 18.5. The topological polar surface area (TPSA) is 51.7 Å². The zero-order valence-corrected chi connectivity index (χ0v) is 14.2. The molecular weight excluding hydrogens is 280 g/mol. The van der Waals surface area contributed by atoms with E-state index in [1.165, 1.54) is 0 Å². The molecule has 1 aliphatic rings. The largest absolute Gasteiger partial charge is 0.481 e. The monoisotopic (exact) mass is 306 g/mol. The van der Waals surface area contributed by atoms with Crippen molar-refractivity contribution in [3.63, 3.8) is 0 Å². The Labute approximate surface area is 132 Å². The van der Waals surface area contributed by atoms with Crippen LogP contribution in [0.15, 0.2) is 18.2 Å². The second-order valence-corrected chi connectivity index (χ2v) is 7.09. The molecule has 22 heavy (non-hydrogen) atoms. The molecule has 1 aromatic rings. The molecule has 0 radical (unpaired) electrons. The Balaban J connectivity index is 2.02. The Kier molecular flexibility index (Phi) is 4.63. The molecule has 0 unspecified atom stereocenters. The zero-order valence-electron chi connectivity index (χ0n) is 14.2. The molecule has 1 saturated heterocycles. The van der Waals surface area contributed by atoms with Gasteiger partial charge in [-0.2, -0.15) is 0 Å². The number of pyridine rings is 1. The molecule has 2 rings (SSSR count). The summed E-state index contributed by atoms with van der Waals surface area (Å²) in [6.45, 7) is 9.23. The van der Waals surface area contributed by atoms with Gasteiger partial charge in [-0.3, -0.25) is 0 Å². The molecule has 0 spiro atoms. The molecule has 0 aromatic carbocycles. The second-order valence-electron chi connectivity index (χ2n) is 7.09. The van der Waals surface area contributed by atoms with Crippen molar-refractivity contribution in [2.75, 3.05) is 20.2 Å². The fourth-order valence-corrected chi connectivity index (χ4v) is 2.63. The van der Waals surface area contributed by atoms with Crippen LogP contribution < -0.4 is 4.74 Å². The van der Waals surface area contributed by atoms with Crippen LogP contribution >= 0.6 is 0 Å². The van der Waals surface area contributed by atoms with Gasteiger partial charge in [0, 0.05) is 24.6 Å². The maximum Gasteiger partial charge on any atom is 0.410 e. The van der Waals surface area contributed by atoms with Gasteiger partial charge in [0.25, 0.3) is 0 Å². The number of rotatable bonds is 2. The molecule has 0 N–H and O–H groups in total. The lowest BCUT2D eigenvalue weighted by molar-refractivity contribution is 0.0170. The van der Waals surface area contributed by atoms with Gasteiger partial charge in [-0.1, -0.05) is 13.0 Å². The predicted molar refractivity (Wildman–Crippen MR) is 85.2 cm³/mol. The van der Waals surface area contributed by atoms with E-state index in [-0.39, 0.29) is 11.5 Å². The summed E-state index contributed by atoms with van der Waals surface area (Å²) in [5, 5.41) is 0. The van der Waals surface area contributed by atoms with Crippen LogP contribution in [0, 0.1) is 0 Å². The number of ether oxygens (including phenoxy) is 2. The first-order chi connectivity index (χ1) is 10.2. The van der Waals surface area contributed by atoms with E-state index in [1.807, 2.05) is 39.0 Å². The van der Waals surface area contributed by atoms with E-state index >= 15 is 0 Å². The van der Waals surface area contributed by atoms with E-state index in [0.29, 0.717) is 19.0 Å². The summed E-state index contributed by atoms with van der Waals surface area (Å²) in [6, 6.07) is 5.85. The van der Waals surface area contributed by atoms with Gasteiger partial charge >= 0.3 is 6.09 Å². The van der Waals surface area contributed by atoms with Gasteiger partial charge in [-0.05, 0) is 39.7 Å². The van der Waals surface area contributed by atoms with Crippen molar-refractivity contribution in [2.24, 2.45) is 0 Å². The number of amides is 1. The molecular formula is C17H26N2O3. The fraction of sp³-hybridized carbons (Fsp3) is 0.647. The lowest BCUT2D eigenvalue weighted by Crippen LogP contribution is -2.46. The summed E-state index contributed by atoms with van der Waals surface area (Å²) in [6.07, 6.45) is 1.51. The van der Waals surface area contributed by atoms with Gasteiger partial charge in [-0.25, -0.2) is 9.78 Å². The summed E-state index contributed by atoms with van der Waals surface area (Å²) >= 11 is 0. The summed E-state index contributed by atoms with van der Waals surface area (Å²) < 4.78 is 10.6. The number of nitrogens with zero attached hydrogens (tertiary/aromatic N) is 2. The van der Waals surface area contributed by atoms with Crippen LogP contribution in [0.5, 0.6) is 5.88 Å². The molecule has 1 aromatic heterocycles. The van der Waals surface area contributed by atoms with Crippen LogP contribution in [0.1, 0.15) is 46.2 Å². The highest BCUT2D eigenvalue weighted by Gasteiger charge is 2.35. The van der Waals surface area contributed by atoms with Crippen LogP contribution in [-0.2, 0) is 10.2 Å². The van der Waals surface area contributed by atoms with Gasteiger partial charge < -0.3 is 14.4 Å². The molecule has 2 heterocycles. The number of piperidine rings is 1. The quantitative estimate of drug-likeness (QED) is 0.840. The lowest BCUT2D eigenvalue weighted by Gasteiger charge is -2.39. The Bertz CT molecular complexity index is 529. The molecule has 122 valence electrons. The Morgan fingerprint density at radius 1 is 1.27 bits per heavy atom. The summed E-state index contributed by atoms with van der Waals surface area (Å²) in [7, 11) is 1.62. The van der Waals surface area contributed by atoms with Crippen molar-refractivity contribution in [1.82, 2.24) is 9.88 Å². The van der Waals surface area contributed by atoms with Gasteiger partial charge in [0.05, 0.1) is 12.8 Å². The van der Waals surface area contributed by atoms with Crippen LogP contribution in [0.3, 0.4) is 0 Å². The Morgan fingerprint density at radius 3 is 2.45 bits per heavy atom. The molecule has 0 saturated carbocycles. The average molecular weight is 306 g/mol. The maximum absolute atomic E-state index is 12.1. The standard InChI is InChI=1S/C17H26N2O3/c1-16(2,3)22-15(20)19-11-9-17(4,10-12-19)13-7-6-8-14(18-13)21-5/h6-8H,9-12H2,1-5H3. The molecule has 0 atom stereocenters. The second kappa shape index (κ2) is 6.15. The summed E-state index contributed by atoms with van der Waals surface area (Å²) in [5.74, 6) is 0.633.